The molecule has 0 aliphatic rings. The van der Waals surface area contributed by atoms with Crippen LogP contribution in [0.1, 0.15) is 11.1 Å². The van der Waals surface area contributed by atoms with E-state index in [-0.39, 0.29) is 5.28 Å². The van der Waals surface area contributed by atoms with Gasteiger partial charge in [0.2, 0.25) is 5.28 Å². The van der Waals surface area contributed by atoms with Crippen LogP contribution >= 0.6 is 11.6 Å². The first-order valence-electron chi connectivity index (χ1n) is 6.67. The highest BCUT2D eigenvalue weighted by atomic mass is 35.5. The highest BCUT2D eigenvalue weighted by Gasteiger charge is 2.09. The monoisotopic (exact) mass is 295 g/mol. The number of nitrogens with zero attached hydrogens (tertiary/aromatic N) is 3. The Morgan fingerprint density at radius 3 is 1.62 bits per heavy atom. The molecular weight excluding hydrogens is 282 g/mol. The minimum atomic E-state index is 0.206. The lowest BCUT2D eigenvalue weighted by Gasteiger charge is -2.06. The maximum atomic E-state index is 6.07. The zero-order valence-corrected chi connectivity index (χ0v) is 12.6. The minimum absolute atomic E-state index is 0.206. The molecule has 0 amide bonds. The van der Waals surface area contributed by atoms with Crippen LogP contribution in [0.25, 0.3) is 22.8 Å². The normalized spacial score (nSPS) is 10.6. The number of aromatic nitrogens is 3. The van der Waals surface area contributed by atoms with Gasteiger partial charge in [0.25, 0.3) is 0 Å². The van der Waals surface area contributed by atoms with Crippen molar-refractivity contribution in [1.29, 1.82) is 0 Å². The summed E-state index contributed by atoms with van der Waals surface area (Å²) >= 11 is 6.07. The Balaban J connectivity index is 2.12. The van der Waals surface area contributed by atoms with Crippen LogP contribution in [-0.4, -0.2) is 15.0 Å². The minimum Gasteiger partial charge on any atom is -0.208 e. The van der Waals surface area contributed by atoms with Crippen LogP contribution in [0.2, 0.25) is 5.28 Å². The lowest BCUT2D eigenvalue weighted by molar-refractivity contribution is 1.06. The summed E-state index contributed by atoms with van der Waals surface area (Å²) in [5.74, 6) is 1.19. The second-order valence-electron chi connectivity index (χ2n) is 4.99. The molecule has 1 heterocycles. The van der Waals surface area contributed by atoms with E-state index in [9.17, 15) is 0 Å². The number of aryl methyl sites for hydroxylation is 2. The van der Waals surface area contributed by atoms with E-state index in [2.05, 4.69) is 15.0 Å². The van der Waals surface area contributed by atoms with Gasteiger partial charge in [-0.3, -0.25) is 0 Å². The number of halogens is 1. The second-order valence-corrected chi connectivity index (χ2v) is 5.33. The lowest BCUT2D eigenvalue weighted by atomic mass is 10.1. The van der Waals surface area contributed by atoms with Crippen molar-refractivity contribution in [1.82, 2.24) is 15.0 Å². The molecule has 0 aliphatic carbocycles. The van der Waals surface area contributed by atoms with E-state index < -0.39 is 0 Å². The summed E-state index contributed by atoms with van der Waals surface area (Å²) in [6.07, 6.45) is 0. The van der Waals surface area contributed by atoms with Crippen molar-refractivity contribution in [2.24, 2.45) is 0 Å². The summed E-state index contributed by atoms with van der Waals surface area (Å²) in [4.78, 5) is 13.0. The molecule has 0 unspecified atom stereocenters. The van der Waals surface area contributed by atoms with Gasteiger partial charge in [-0.25, -0.2) is 4.98 Å². The third kappa shape index (κ3) is 3.09. The zero-order chi connectivity index (χ0) is 14.8. The smallest absolute Gasteiger partial charge is 0.208 e. The van der Waals surface area contributed by atoms with Gasteiger partial charge in [-0.05, 0) is 37.6 Å². The molecule has 1 aromatic heterocycles. The third-order valence-corrected chi connectivity index (χ3v) is 3.33. The van der Waals surface area contributed by atoms with E-state index in [1.165, 1.54) is 0 Å². The van der Waals surface area contributed by atoms with E-state index in [1.54, 1.807) is 0 Å². The molecule has 0 N–H and O–H groups in total. The average molecular weight is 296 g/mol. The molecule has 0 saturated carbocycles. The van der Waals surface area contributed by atoms with Gasteiger partial charge in [-0.1, -0.05) is 47.5 Å². The molecule has 0 fully saturated rings. The molecule has 0 bridgehead atoms. The molecule has 3 nitrogen and oxygen atoms in total. The van der Waals surface area contributed by atoms with Gasteiger partial charge in [0.15, 0.2) is 11.6 Å². The molecule has 21 heavy (non-hydrogen) atoms. The van der Waals surface area contributed by atoms with Crippen molar-refractivity contribution in [3.63, 3.8) is 0 Å². The molecule has 0 saturated heterocycles. The number of hydrogen-bond acceptors (Lipinski definition) is 3. The lowest BCUT2D eigenvalue weighted by Crippen LogP contribution is -1.97. The molecule has 3 aromatic rings. The summed E-state index contributed by atoms with van der Waals surface area (Å²) in [5, 5.41) is 0.206. The van der Waals surface area contributed by atoms with Crippen LogP contribution in [0.3, 0.4) is 0 Å². The van der Waals surface area contributed by atoms with Gasteiger partial charge in [0.1, 0.15) is 0 Å². The van der Waals surface area contributed by atoms with Crippen molar-refractivity contribution >= 4 is 11.6 Å². The third-order valence-electron chi connectivity index (χ3n) is 3.16. The van der Waals surface area contributed by atoms with E-state index in [4.69, 9.17) is 11.6 Å². The van der Waals surface area contributed by atoms with Gasteiger partial charge < -0.3 is 0 Å². The van der Waals surface area contributed by atoms with Gasteiger partial charge >= 0.3 is 0 Å². The van der Waals surface area contributed by atoms with E-state index in [0.717, 1.165) is 22.3 Å². The highest BCUT2D eigenvalue weighted by molar-refractivity contribution is 6.28. The fourth-order valence-corrected chi connectivity index (χ4v) is 2.34. The number of hydrogen-bond donors (Lipinski definition) is 0. The molecule has 0 atom stereocenters. The molecule has 0 aliphatic heterocycles. The SMILES string of the molecule is Cc1cccc(-c2nc(Cl)nc(-c3cccc(C)c3)n2)c1. The molecule has 2 aromatic carbocycles. The summed E-state index contributed by atoms with van der Waals surface area (Å²) in [6, 6.07) is 16.0. The Kier molecular flexibility index (Phi) is 3.67. The van der Waals surface area contributed by atoms with Crippen LogP contribution in [0.5, 0.6) is 0 Å². The summed E-state index contributed by atoms with van der Waals surface area (Å²) in [7, 11) is 0. The van der Waals surface area contributed by atoms with Gasteiger partial charge in [-0.2, -0.15) is 9.97 Å². The van der Waals surface area contributed by atoms with Crippen LogP contribution in [0.15, 0.2) is 48.5 Å². The number of benzene rings is 2. The van der Waals surface area contributed by atoms with Crippen LogP contribution in [-0.2, 0) is 0 Å². The Morgan fingerprint density at radius 1 is 0.714 bits per heavy atom. The first-order valence-corrected chi connectivity index (χ1v) is 7.05. The average Bonchev–Trinajstić information content (AvgIpc) is 2.46. The maximum absolute atomic E-state index is 6.07. The summed E-state index contributed by atoms with van der Waals surface area (Å²) in [5.41, 5.74) is 4.18. The van der Waals surface area contributed by atoms with Crippen molar-refractivity contribution in [2.75, 3.05) is 0 Å². The largest absolute Gasteiger partial charge is 0.226 e. The second kappa shape index (κ2) is 5.62. The van der Waals surface area contributed by atoms with Crippen LogP contribution in [0.4, 0.5) is 0 Å². The fraction of sp³-hybridized carbons (Fsp3) is 0.118. The Bertz CT molecular complexity index is 736. The Morgan fingerprint density at radius 2 is 1.19 bits per heavy atom. The number of rotatable bonds is 2. The van der Waals surface area contributed by atoms with Gasteiger partial charge in [0.05, 0.1) is 0 Å². The van der Waals surface area contributed by atoms with E-state index >= 15 is 0 Å². The first kappa shape index (κ1) is 13.7. The molecule has 3 rings (SSSR count). The predicted octanol–water partition coefficient (Wildman–Crippen LogP) is 4.48. The molecular formula is C17H14ClN3. The summed E-state index contributed by atoms with van der Waals surface area (Å²) in [6.45, 7) is 4.07. The van der Waals surface area contributed by atoms with Crippen LogP contribution < -0.4 is 0 Å². The zero-order valence-electron chi connectivity index (χ0n) is 11.8. The molecule has 0 spiro atoms. The van der Waals surface area contributed by atoms with Crippen LogP contribution in [0, 0.1) is 13.8 Å². The van der Waals surface area contributed by atoms with E-state index in [1.807, 2.05) is 62.4 Å². The topological polar surface area (TPSA) is 38.7 Å². The van der Waals surface area contributed by atoms with Crippen molar-refractivity contribution in [2.45, 2.75) is 13.8 Å². The van der Waals surface area contributed by atoms with Crippen molar-refractivity contribution in [3.8, 4) is 22.8 Å². The predicted molar refractivity (Wildman–Crippen MR) is 85.2 cm³/mol. The molecule has 4 heteroatoms. The Hall–Kier alpha value is -2.26. The maximum Gasteiger partial charge on any atom is 0.226 e. The molecule has 0 radical (unpaired) electrons. The summed E-state index contributed by atoms with van der Waals surface area (Å²) < 4.78 is 0. The van der Waals surface area contributed by atoms with Gasteiger partial charge in [0, 0.05) is 11.1 Å². The molecule has 104 valence electrons. The van der Waals surface area contributed by atoms with E-state index in [0.29, 0.717) is 11.6 Å². The standard InChI is InChI=1S/C17H14ClN3/c1-11-5-3-7-13(9-11)15-19-16(21-17(18)20-15)14-8-4-6-12(2)10-14/h3-10H,1-2H3. The highest BCUT2D eigenvalue weighted by Crippen LogP contribution is 2.22. The fourth-order valence-electron chi connectivity index (χ4n) is 2.18. The Labute approximate surface area is 128 Å². The van der Waals surface area contributed by atoms with Crippen molar-refractivity contribution in [3.05, 3.63) is 64.9 Å². The van der Waals surface area contributed by atoms with Gasteiger partial charge in [-0.15, -0.1) is 0 Å². The van der Waals surface area contributed by atoms with Crippen molar-refractivity contribution < 1.29 is 0 Å². The quantitative estimate of drug-likeness (QED) is 0.700. The first-order chi connectivity index (χ1) is 10.1.